The number of hydrogen-bond acceptors (Lipinski definition) is 8. The van der Waals surface area contributed by atoms with Gasteiger partial charge < -0.3 is 25.1 Å². The molecule has 2 amide bonds. The Labute approximate surface area is 312 Å². The lowest BCUT2D eigenvalue weighted by molar-refractivity contribution is -0.137. The van der Waals surface area contributed by atoms with Crippen molar-refractivity contribution in [1.29, 1.82) is 0 Å². The number of nitrogens with zero attached hydrogens (tertiary/aromatic N) is 3. The Morgan fingerprint density at radius 3 is 2.29 bits per heavy atom. The largest absolute Gasteiger partial charge is 0.381 e. The lowest BCUT2D eigenvalue weighted by Crippen LogP contribution is -2.36. The van der Waals surface area contributed by atoms with Gasteiger partial charge >= 0.3 is 0 Å². The molecule has 13 heteroatoms. The fourth-order valence-electron chi connectivity index (χ4n) is 5.84. The van der Waals surface area contributed by atoms with Gasteiger partial charge in [-0.2, -0.15) is 5.06 Å². The van der Waals surface area contributed by atoms with E-state index in [4.69, 9.17) is 9.88 Å². The van der Waals surface area contributed by atoms with E-state index in [0.717, 1.165) is 76.0 Å². The van der Waals surface area contributed by atoms with Crippen LogP contribution < -0.4 is 10.5 Å². The molecule has 0 aromatic heterocycles. The summed E-state index contributed by atoms with van der Waals surface area (Å²) in [5.41, 5.74) is 2.15. The first kappa shape index (κ1) is 46.8. The van der Waals surface area contributed by atoms with Crippen molar-refractivity contribution < 1.29 is 32.3 Å². The maximum absolute atomic E-state index is 12.4. The van der Waals surface area contributed by atoms with Gasteiger partial charge in [-0.25, -0.2) is 17.9 Å². The van der Waals surface area contributed by atoms with Gasteiger partial charge in [0, 0.05) is 70.4 Å². The number of primary sulfonamides is 1. The second-order valence-corrected chi connectivity index (χ2v) is 14.5. The van der Waals surface area contributed by atoms with Crippen molar-refractivity contribution in [3.8, 4) is 0 Å². The van der Waals surface area contributed by atoms with E-state index in [1.54, 1.807) is 29.2 Å². The second-order valence-electron chi connectivity index (χ2n) is 12.9. The number of ether oxygens (including phenoxy) is 1. The molecular formula is C39H64FN5O6S. The van der Waals surface area contributed by atoms with Crippen LogP contribution in [-0.4, -0.2) is 99.3 Å². The van der Waals surface area contributed by atoms with Gasteiger partial charge in [-0.15, -0.1) is 6.58 Å². The maximum atomic E-state index is 12.4. The van der Waals surface area contributed by atoms with Gasteiger partial charge in [-0.1, -0.05) is 55.9 Å². The van der Waals surface area contributed by atoms with Crippen LogP contribution in [0, 0.1) is 5.92 Å². The highest BCUT2D eigenvalue weighted by molar-refractivity contribution is 7.89. The number of allylic oxidation sites excluding steroid dienone is 6. The fraction of sp³-hybridized carbons (Fsp3) is 0.590. The lowest BCUT2D eigenvalue weighted by Gasteiger charge is -2.25. The van der Waals surface area contributed by atoms with E-state index >= 15 is 0 Å². The molecule has 294 valence electrons. The molecule has 52 heavy (non-hydrogen) atoms. The summed E-state index contributed by atoms with van der Waals surface area (Å²) in [6.07, 6.45) is 17.1. The number of halogens is 1. The molecule has 0 radical (unpaired) electrons. The number of rotatable bonds is 10. The van der Waals surface area contributed by atoms with Crippen LogP contribution >= 0.6 is 0 Å². The Balaban J connectivity index is 0.000000345. The third-order valence-electron chi connectivity index (χ3n) is 8.88. The van der Waals surface area contributed by atoms with Crippen LogP contribution in [0.5, 0.6) is 0 Å². The van der Waals surface area contributed by atoms with Crippen molar-refractivity contribution in [3.63, 3.8) is 0 Å². The van der Waals surface area contributed by atoms with Crippen molar-refractivity contribution >= 4 is 22.3 Å². The molecular weight excluding hydrogens is 686 g/mol. The zero-order chi connectivity index (χ0) is 38.9. The van der Waals surface area contributed by atoms with Crippen LogP contribution in [-0.2, 0) is 30.9 Å². The third kappa shape index (κ3) is 18.5. The summed E-state index contributed by atoms with van der Waals surface area (Å²) in [4.78, 5) is 26.4. The zero-order valence-electron chi connectivity index (χ0n) is 32.0. The molecule has 2 atom stereocenters. The van der Waals surface area contributed by atoms with E-state index in [-0.39, 0.29) is 28.7 Å². The first-order valence-corrected chi connectivity index (χ1v) is 20.0. The normalized spacial score (nSPS) is 20.1. The highest BCUT2D eigenvalue weighted by Crippen LogP contribution is 2.24. The first-order valence-electron chi connectivity index (χ1n) is 18.5. The Hall–Kier alpha value is -3.20. The van der Waals surface area contributed by atoms with E-state index in [0.29, 0.717) is 32.0 Å². The molecule has 3 fully saturated rings. The minimum absolute atomic E-state index is 0.0666. The topological polar surface area (TPSA) is 146 Å². The van der Waals surface area contributed by atoms with Crippen molar-refractivity contribution in [1.82, 2.24) is 20.2 Å². The number of nitrogens with two attached hydrogens (primary N) is 1. The minimum Gasteiger partial charge on any atom is -0.381 e. The number of carbonyl (C=O) groups is 2. The second kappa shape index (κ2) is 26.5. The van der Waals surface area contributed by atoms with Gasteiger partial charge in [0.05, 0.1) is 4.90 Å². The SMILES string of the molecule is C=CCN(C=O)CCC1CCC(C)N1O.CC.CC1=CCC(F)=CC=C1.CNCc1ccc(S(N)(=O)=O)cc1.O=C(C1CCOCC1)N1CCCC1. The summed E-state index contributed by atoms with van der Waals surface area (Å²) in [7, 11) is -1.73. The molecule has 11 nitrogen and oxygen atoms in total. The Morgan fingerprint density at radius 2 is 1.77 bits per heavy atom. The zero-order valence-corrected chi connectivity index (χ0v) is 32.8. The highest BCUT2D eigenvalue weighted by Gasteiger charge is 2.29. The number of nitrogens with one attached hydrogen (secondary N) is 1. The smallest absolute Gasteiger partial charge is 0.238 e. The van der Waals surface area contributed by atoms with Crippen LogP contribution in [0.25, 0.3) is 0 Å². The monoisotopic (exact) mass is 749 g/mol. The minimum atomic E-state index is -3.55. The van der Waals surface area contributed by atoms with Gasteiger partial charge in [0.25, 0.3) is 0 Å². The van der Waals surface area contributed by atoms with Gasteiger partial charge in [-0.05, 0) is 89.6 Å². The standard InChI is InChI=1S/C11H20N2O2.C10H17NO2.C8H9F.C8H12N2O2S.C2H6/c1-3-7-12(9-14)8-6-11-5-4-10(2)13(11)15;12-10(11-5-1-2-6-11)9-3-7-13-8-4-9;1-7-3-2-4-8(9)6-5-7;1-10-6-7-2-4-8(5-3-7)13(9,11)12;1-2/h3,9-11,15H,1,4-8H2,2H3;9H,1-8H2;2-5H,6H2,1H3;2-5,10H,6H2,1H3,(H2,9,11,12);1-2H3. The maximum Gasteiger partial charge on any atom is 0.238 e. The molecule has 3 aliphatic heterocycles. The quantitative estimate of drug-likeness (QED) is 0.192. The van der Waals surface area contributed by atoms with E-state index in [2.05, 4.69) is 11.9 Å². The van der Waals surface area contributed by atoms with Gasteiger partial charge in [0.2, 0.25) is 22.3 Å². The third-order valence-corrected chi connectivity index (χ3v) is 9.81. The van der Waals surface area contributed by atoms with E-state index in [9.17, 15) is 27.6 Å². The van der Waals surface area contributed by atoms with Crippen molar-refractivity contribution in [3.05, 3.63) is 78.2 Å². The summed E-state index contributed by atoms with van der Waals surface area (Å²) in [6.45, 7) is 17.1. The van der Waals surface area contributed by atoms with Crippen LogP contribution in [0.1, 0.15) is 84.6 Å². The van der Waals surface area contributed by atoms with Crippen LogP contribution in [0.3, 0.4) is 0 Å². The number of likely N-dealkylation sites (tertiary alicyclic amines) is 1. The predicted octanol–water partition coefficient (Wildman–Crippen LogP) is 6.12. The summed E-state index contributed by atoms with van der Waals surface area (Å²) < 4.78 is 39.4. The van der Waals surface area contributed by atoms with Gasteiger partial charge in [-0.3, -0.25) is 9.59 Å². The number of hydroxylamine groups is 2. The van der Waals surface area contributed by atoms with E-state index in [1.165, 1.54) is 36.1 Å². The molecule has 3 saturated heterocycles. The number of hydrogen-bond donors (Lipinski definition) is 3. The molecule has 1 aromatic carbocycles. The molecule has 0 spiro atoms. The Bertz CT molecular complexity index is 1370. The van der Waals surface area contributed by atoms with E-state index < -0.39 is 10.0 Å². The molecule has 2 unspecified atom stereocenters. The molecule has 0 saturated carbocycles. The Morgan fingerprint density at radius 1 is 1.13 bits per heavy atom. The van der Waals surface area contributed by atoms with Crippen molar-refractivity contribution in [2.24, 2.45) is 11.1 Å². The van der Waals surface area contributed by atoms with Crippen molar-refractivity contribution in [2.75, 3.05) is 46.4 Å². The summed E-state index contributed by atoms with van der Waals surface area (Å²) in [6, 6.07) is 6.92. The van der Waals surface area contributed by atoms with Crippen LogP contribution in [0.15, 0.2) is 77.5 Å². The average molecular weight is 750 g/mol. The van der Waals surface area contributed by atoms with Crippen LogP contribution in [0.4, 0.5) is 4.39 Å². The number of sulfonamides is 1. The number of amides is 2. The molecule has 5 rings (SSSR count). The molecule has 1 aromatic rings. The predicted molar refractivity (Wildman–Crippen MR) is 207 cm³/mol. The number of benzene rings is 1. The summed E-state index contributed by atoms with van der Waals surface area (Å²) in [5.74, 6) is 0.566. The summed E-state index contributed by atoms with van der Waals surface area (Å²) in [5, 5.41) is 19.0. The Kier molecular flexibility index (Phi) is 23.9. The average Bonchev–Trinajstić information content (AvgIpc) is 3.76. The summed E-state index contributed by atoms with van der Waals surface area (Å²) >= 11 is 0. The van der Waals surface area contributed by atoms with Gasteiger partial charge in [0.1, 0.15) is 5.83 Å². The van der Waals surface area contributed by atoms with Gasteiger partial charge in [0.15, 0.2) is 0 Å². The lowest BCUT2D eigenvalue weighted by atomic mass is 9.99. The van der Waals surface area contributed by atoms with Crippen molar-refractivity contribution in [2.45, 2.75) is 103 Å². The fourth-order valence-corrected chi connectivity index (χ4v) is 6.36. The molecule has 4 aliphatic rings. The highest BCUT2D eigenvalue weighted by atomic mass is 32.2. The molecule has 0 bridgehead atoms. The first-order chi connectivity index (χ1) is 24.9. The number of carbonyl (C=O) groups excluding carboxylic acids is 2. The molecule has 4 N–H and O–H groups in total. The molecule has 3 heterocycles. The van der Waals surface area contributed by atoms with Crippen LogP contribution in [0.2, 0.25) is 0 Å². The molecule has 1 aliphatic carbocycles. The van der Waals surface area contributed by atoms with E-state index in [1.807, 2.05) is 51.8 Å².